The molecule has 18 heavy (non-hydrogen) atoms. The molecular weight excluding hydrogens is 242 g/mol. The van der Waals surface area contributed by atoms with Crippen molar-refractivity contribution in [2.45, 2.75) is 52.5 Å². The summed E-state index contributed by atoms with van der Waals surface area (Å²) in [5.74, 6) is 0.812. The van der Waals surface area contributed by atoms with Crippen molar-refractivity contribution in [3.63, 3.8) is 0 Å². The number of aromatic nitrogens is 1. The zero-order valence-electron chi connectivity index (χ0n) is 11.5. The molecule has 1 atom stereocenters. The van der Waals surface area contributed by atoms with Crippen molar-refractivity contribution in [1.29, 1.82) is 0 Å². The average Bonchev–Trinajstić information content (AvgIpc) is 2.29. The van der Waals surface area contributed by atoms with Gasteiger partial charge in [0.15, 0.2) is 0 Å². The molecular formula is C14H23N3S. The molecule has 1 rings (SSSR count). The first-order chi connectivity index (χ1) is 8.54. The molecule has 100 valence electrons. The van der Waals surface area contributed by atoms with E-state index in [1.54, 1.807) is 0 Å². The third-order valence-electron chi connectivity index (χ3n) is 2.92. The second-order valence-corrected chi connectivity index (χ2v) is 5.19. The Kier molecular flexibility index (Phi) is 6.05. The molecule has 1 aromatic heterocycles. The van der Waals surface area contributed by atoms with Crippen LogP contribution in [0.4, 0.5) is 5.82 Å². The molecule has 4 heteroatoms. The van der Waals surface area contributed by atoms with Crippen LogP contribution in [-0.2, 0) is 0 Å². The molecule has 0 bridgehead atoms. The van der Waals surface area contributed by atoms with Crippen LogP contribution in [0.15, 0.2) is 12.1 Å². The van der Waals surface area contributed by atoms with Crippen molar-refractivity contribution in [2.24, 2.45) is 5.73 Å². The highest BCUT2D eigenvalue weighted by molar-refractivity contribution is 7.80. The van der Waals surface area contributed by atoms with E-state index < -0.39 is 0 Å². The topological polar surface area (TPSA) is 50.9 Å². The van der Waals surface area contributed by atoms with Gasteiger partial charge in [-0.05, 0) is 32.4 Å². The molecule has 0 aliphatic heterocycles. The summed E-state index contributed by atoms with van der Waals surface area (Å²) >= 11 is 5.05. The Balaban J connectivity index is 2.70. The van der Waals surface area contributed by atoms with Gasteiger partial charge in [-0.15, -0.1) is 0 Å². The molecule has 1 heterocycles. The minimum absolute atomic E-state index is 0.388. The summed E-state index contributed by atoms with van der Waals surface area (Å²) in [5, 5.41) is 3.41. The highest BCUT2D eigenvalue weighted by Crippen LogP contribution is 2.16. The smallest absolute Gasteiger partial charge is 0.136 e. The summed E-state index contributed by atoms with van der Waals surface area (Å²) in [5.41, 5.74) is 7.52. The number of hydrogen-bond donors (Lipinski definition) is 2. The predicted octanol–water partition coefficient (Wildman–Crippen LogP) is 3.40. The molecule has 3 nitrogen and oxygen atoms in total. The van der Waals surface area contributed by atoms with Crippen LogP contribution >= 0.6 is 12.2 Å². The quantitative estimate of drug-likeness (QED) is 0.586. The second-order valence-electron chi connectivity index (χ2n) is 4.75. The van der Waals surface area contributed by atoms with E-state index in [0.29, 0.717) is 11.0 Å². The van der Waals surface area contributed by atoms with Gasteiger partial charge in [0.25, 0.3) is 0 Å². The maximum Gasteiger partial charge on any atom is 0.136 e. The summed E-state index contributed by atoms with van der Waals surface area (Å²) in [6, 6.07) is 4.26. The number of rotatable bonds is 7. The molecule has 0 aromatic carbocycles. The van der Waals surface area contributed by atoms with Gasteiger partial charge in [-0.25, -0.2) is 4.98 Å². The van der Waals surface area contributed by atoms with E-state index in [1.807, 2.05) is 19.1 Å². The molecule has 3 N–H and O–H groups in total. The van der Waals surface area contributed by atoms with Crippen molar-refractivity contribution in [3.05, 3.63) is 23.4 Å². The van der Waals surface area contributed by atoms with E-state index in [9.17, 15) is 0 Å². The van der Waals surface area contributed by atoms with Crippen molar-refractivity contribution >= 4 is 23.0 Å². The number of anilines is 1. The zero-order chi connectivity index (χ0) is 13.5. The molecule has 0 amide bonds. The molecule has 0 aliphatic carbocycles. The van der Waals surface area contributed by atoms with Crippen LogP contribution in [0.2, 0.25) is 0 Å². The number of aryl methyl sites for hydroxylation is 1. The first-order valence-corrected chi connectivity index (χ1v) is 6.99. The molecule has 0 spiro atoms. The number of unbranched alkanes of at least 4 members (excludes halogenated alkanes) is 2. The Morgan fingerprint density at radius 3 is 2.78 bits per heavy atom. The van der Waals surface area contributed by atoms with Gasteiger partial charge >= 0.3 is 0 Å². The molecule has 1 aromatic rings. The second kappa shape index (κ2) is 7.31. The van der Waals surface area contributed by atoms with Crippen LogP contribution in [0.25, 0.3) is 0 Å². The summed E-state index contributed by atoms with van der Waals surface area (Å²) in [4.78, 5) is 4.88. The van der Waals surface area contributed by atoms with Crippen LogP contribution in [-0.4, -0.2) is 16.0 Å². The lowest BCUT2D eigenvalue weighted by Crippen LogP contribution is -2.20. The van der Waals surface area contributed by atoms with Gasteiger partial charge in [0, 0.05) is 11.7 Å². The number of nitrogens with zero attached hydrogens (tertiary/aromatic N) is 1. The van der Waals surface area contributed by atoms with Crippen molar-refractivity contribution in [1.82, 2.24) is 4.98 Å². The van der Waals surface area contributed by atoms with Gasteiger partial charge in [-0.2, -0.15) is 0 Å². The first-order valence-electron chi connectivity index (χ1n) is 6.58. The van der Waals surface area contributed by atoms with Gasteiger partial charge in [-0.1, -0.05) is 38.4 Å². The molecule has 0 saturated carbocycles. The Morgan fingerprint density at radius 2 is 2.17 bits per heavy atom. The summed E-state index contributed by atoms with van der Waals surface area (Å²) < 4.78 is 0. The summed E-state index contributed by atoms with van der Waals surface area (Å²) in [6.45, 7) is 6.35. The number of nitrogens with two attached hydrogens (primary N) is 1. The summed E-state index contributed by atoms with van der Waals surface area (Å²) in [7, 11) is 0. The predicted molar refractivity (Wildman–Crippen MR) is 82.1 cm³/mol. The molecule has 1 unspecified atom stereocenters. The Bertz CT molecular complexity index is 404. The van der Waals surface area contributed by atoms with Crippen molar-refractivity contribution in [2.75, 3.05) is 5.32 Å². The Hall–Kier alpha value is -1.16. The first kappa shape index (κ1) is 14.9. The van der Waals surface area contributed by atoms with E-state index >= 15 is 0 Å². The lowest BCUT2D eigenvalue weighted by atomic mass is 10.1. The van der Waals surface area contributed by atoms with Gasteiger partial charge in [0.1, 0.15) is 10.8 Å². The third kappa shape index (κ3) is 4.61. The van der Waals surface area contributed by atoms with Crippen molar-refractivity contribution < 1.29 is 0 Å². The van der Waals surface area contributed by atoms with Gasteiger partial charge in [0.2, 0.25) is 0 Å². The fourth-order valence-corrected chi connectivity index (χ4v) is 2.04. The van der Waals surface area contributed by atoms with Gasteiger partial charge in [0.05, 0.1) is 5.56 Å². The number of thiocarbonyl (C=S) groups is 1. The maximum atomic E-state index is 5.71. The van der Waals surface area contributed by atoms with Gasteiger partial charge < -0.3 is 11.1 Å². The minimum Gasteiger partial charge on any atom is -0.389 e. The summed E-state index contributed by atoms with van der Waals surface area (Å²) in [6.07, 6.45) is 4.89. The fourth-order valence-electron chi connectivity index (χ4n) is 1.87. The van der Waals surface area contributed by atoms with Crippen LogP contribution < -0.4 is 11.1 Å². The fraction of sp³-hybridized carbons (Fsp3) is 0.571. The average molecular weight is 265 g/mol. The highest BCUT2D eigenvalue weighted by Gasteiger charge is 2.10. The van der Waals surface area contributed by atoms with Gasteiger partial charge in [-0.3, -0.25) is 0 Å². The molecule has 0 fully saturated rings. The highest BCUT2D eigenvalue weighted by atomic mass is 32.1. The molecule has 0 saturated heterocycles. The normalized spacial score (nSPS) is 12.2. The van der Waals surface area contributed by atoms with Crippen LogP contribution in [0.1, 0.15) is 50.8 Å². The van der Waals surface area contributed by atoms with E-state index in [0.717, 1.165) is 23.5 Å². The lowest BCUT2D eigenvalue weighted by molar-refractivity contribution is 0.613. The monoisotopic (exact) mass is 265 g/mol. The van der Waals surface area contributed by atoms with E-state index in [1.165, 1.54) is 19.3 Å². The Morgan fingerprint density at radius 1 is 1.44 bits per heavy atom. The molecule has 0 aliphatic rings. The van der Waals surface area contributed by atoms with Crippen LogP contribution in [0, 0.1) is 6.92 Å². The lowest BCUT2D eigenvalue weighted by Gasteiger charge is -2.17. The third-order valence-corrected chi connectivity index (χ3v) is 3.14. The molecule has 0 radical (unpaired) electrons. The number of pyridine rings is 1. The van der Waals surface area contributed by atoms with Crippen LogP contribution in [0.3, 0.4) is 0 Å². The van der Waals surface area contributed by atoms with Crippen LogP contribution in [0.5, 0.6) is 0 Å². The van der Waals surface area contributed by atoms with Crippen molar-refractivity contribution in [3.8, 4) is 0 Å². The zero-order valence-corrected chi connectivity index (χ0v) is 12.3. The van der Waals surface area contributed by atoms with E-state index in [-0.39, 0.29) is 0 Å². The Labute approximate surface area is 115 Å². The SMILES string of the molecule is CCCCCC(C)Nc1nc(C)ccc1C(N)=S. The number of nitrogens with one attached hydrogen (secondary N) is 1. The van der Waals surface area contributed by atoms with E-state index in [2.05, 4.69) is 24.1 Å². The minimum atomic E-state index is 0.388. The van der Waals surface area contributed by atoms with E-state index in [4.69, 9.17) is 18.0 Å². The maximum absolute atomic E-state index is 5.71. The number of hydrogen-bond acceptors (Lipinski definition) is 3. The largest absolute Gasteiger partial charge is 0.389 e. The standard InChI is InChI=1S/C14H23N3S/c1-4-5-6-7-10(2)16-14-12(13(15)18)9-8-11(3)17-14/h8-10H,4-7H2,1-3H3,(H2,15,18)(H,16,17).